The van der Waals surface area contributed by atoms with E-state index in [2.05, 4.69) is 4.98 Å². The third kappa shape index (κ3) is 2.76. The predicted octanol–water partition coefficient (Wildman–Crippen LogP) is 4.62. The summed E-state index contributed by atoms with van der Waals surface area (Å²) in [7, 11) is 0. The Hall–Kier alpha value is -2.53. The zero-order chi connectivity index (χ0) is 15.7. The number of thiazole rings is 1. The summed E-state index contributed by atoms with van der Waals surface area (Å²) >= 11 is 1.41. The second-order valence-corrected chi connectivity index (χ2v) is 5.82. The van der Waals surface area contributed by atoms with Crippen LogP contribution in [0.2, 0.25) is 0 Å². The lowest BCUT2D eigenvalue weighted by Crippen LogP contribution is -1.98. The number of aromatic nitrogens is 1. The van der Waals surface area contributed by atoms with Gasteiger partial charge in [0.2, 0.25) is 0 Å². The number of hydrogen-bond donors (Lipinski definition) is 1. The lowest BCUT2D eigenvalue weighted by Gasteiger charge is -2.08. The molecule has 3 nitrogen and oxygen atoms in total. The van der Waals surface area contributed by atoms with Gasteiger partial charge in [-0.1, -0.05) is 12.1 Å². The molecule has 0 unspecified atom stereocenters. The molecular weight excluding hydrogens is 301 g/mol. The number of carboxylic acids is 1. The van der Waals surface area contributed by atoms with Crippen molar-refractivity contribution in [1.82, 2.24) is 4.98 Å². The molecular formula is C17H12FNO2S. The van der Waals surface area contributed by atoms with Crippen molar-refractivity contribution in [1.29, 1.82) is 0 Å². The van der Waals surface area contributed by atoms with Crippen molar-refractivity contribution in [2.24, 2.45) is 0 Å². The molecule has 0 saturated carbocycles. The van der Waals surface area contributed by atoms with Crippen LogP contribution in [0.3, 0.4) is 0 Å². The highest BCUT2D eigenvalue weighted by Crippen LogP contribution is 2.31. The van der Waals surface area contributed by atoms with Gasteiger partial charge < -0.3 is 5.11 Å². The summed E-state index contributed by atoms with van der Waals surface area (Å²) in [5.74, 6) is -1.42. The van der Waals surface area contributed by atoms with Crippen LogP contribution in [0.5, 0.6) is 0 Å². The first-order valence-corrected chi connectivity index (χ1v) is 7.47. The monoisotopic (exact) mass is 313 g/mol. The maximum atomic E-state index is 14.2. The molecule has 0 aliphatic carbocycles. The molecule has 2 aromatic carbocycles. The summed E-state index contributed by atoms with van der Waals surface area (Å²) in [6.45, 7) is 1.81. The summed E-state index contributed by atoms with van der Waals surface area (Å²) in [5, 5.41) is 11.8. The van der Waals surface area contributed by atoms with Crippen molar-refractivity contribution < 1.29 is 14.3 Å². The Kier molecular flexibility index (Phi) is 3.73. The fraction of sp³-hybridized carbons (Fsp3) is 0.0588. The molecule has 22 heavy (non-hydrogen) atoms. The van der Waals surface area contributed by atoms with Crippen LogP contribution >= 0.6 is 11.3 Å². The molecule has 0 spiro atoms. The van der Waals surface area contributed by atoms with Crippen LogP contribution in [0, 0.1) is 12.7 Å². The van der Waals surface area contributed by atoms with Crippen LogP contribution in [0.1, 0.15) is 15.9 Å². The molecule has 0 aliphatic rings. The van der Waals surface area contributed by atoms with Crippen LogP contribution in [-0.4, -0.2) is 16.1 Å². The van der Waals surface area contributed by atoms with E-state index in [-0.39, 0.29) is 11.4 Å². The number of nitrogens with zero attached hydrogens (tertiary/aromatic N) is 1. The summed E-state index contributed by atoms with van der Waals surface area (Å²) in [4.78, 5) is 15.5. The first kappa shape index (κ1) is 14.4. The van der Waals surface area contributed by atoms with Crippen molar-refractivity contribution in [3.8, 4) is 21.7 Å². The Morgan fingerprint density at radius 1 is 1.18 bits per heavy atom. The minimum atomic E-state index is -1.05. The van der Waals surface area contributed by atoms with E-state index in [0.29, 0.717) is 21.7 Å². The van der Waals surface area contributed by atoms with Crippen molar-refractivity contribution in [3.05, 3.63) is 64.9 Å². The summed E-state index contributed by atoms with van der Waals surface area (Å²) < 4.78 is 14.2. The Morgan fingerprint density at radius 3 is 2.59 bits per heavy atom. The van der Waals surface area contributed by atoms with Gasteiger partial charge in [0, 0.05) is 22.7 Å². The number of carboxylic acid groups (broad SMARTS) is 1. The lowest BCUT2D eigenvalue weighted by molar-refractivity contribution is 0.0697. The van der Waals surface area contributed by atoms with Crippen LogP contribution in [0.25, 0.3) is 21.7 Å². The number of carbonyl (C=O) groups is 1. The standard InChI is InChI=1S/C17H12FNO2S/c1-10-2-3-14(15(18)6-10)11-7-12(16-19-4-5-22-16)9-13(8-11)17(20)21/h2-9H,1H3,(H,20,21). The average Bonchev–Trinajstić information content (AvgIpc) is 3.01. The Labute approximate surface area is 130 Å². The molecule has 1 aromatic heterocycles. The number of benzene rings is 2. The molecule has 5 heteroatoms. The third-order valence-electron chi connectivity index (χ3n) is 3.29. The lowest BCUT2D eigenvalue weighted by atomic mass is 9.98. The van der Waals surface area contributed by atoms with E-state index in [0.717, 1.165) is 5.56 Å². The van der Waals surface area contributed by atoms with E-state index < -0.39 is 5.97 Å². The minimum Gasteiger partial charge on any atom is -0.478 e. The Bertz CT molecular complexity index is 844. The van der Waals surface area contributed by atoms with Crippen LogP contribution in [0.4, 0.5) is 4.39 Å². The van der Waals surface area contributed by atoms with Gasteiger partial charge in [-0.25, -0.2) is 14.2 Å². The van der Waals surface area contributed by atoms with Gasteiger partial charge in [0.15, 0.2) is 0 Å². The Morgan fingerprint density at radius 2 is 1.95 bits per heavy atom. The molecule has 0 atom stereocenters. The van der Waals surface area contributed by atoms with Gasteiger partial charge in [-0.05, 0) is 42.3 Å². The van der Waals surface area contributed by atoms with E-state index in [1.165, 1.54) is 23.5 Å². The van der Waals surface area contributed by atoms with Gasteiger partial charge in [0.25, 0.3) is 0 Å². The highest BCUT2D eigenvalue weighted by Gasteiger charge is 2.13. The maximum Gasteiger partial charge on any atom is 0.335 e. The van der Waals surface area contributed by atoms with E-state index in [1.807, 2.05) is 12.3 Å². The summed E-state index contributed by atoms with van der Waals surface area (Å²) in [6.07, 6.45) is 1.65. The van der Waals surface area contributed by atoms with Crippen molar-refractivity contribution >= 4 is 17.3 Å². The van der Waals surface area contributed by atoms with Gasteiger partial charge in [-0.15, -0.1) is 11.3 Å². The van der Waals surface area contributed by atoms with Crippen LogP contribution in [-0.2, 0) is 0 Å². The van der Waals surface area contributed by atoms with Gasteiger partial charge in [-0.3, -0.25) is 0 Å². The zero-order valence-electron chi connectivity index (χ0n) is 11.7. The van der Waals surface area contributed by atoms with E-state index in [1.54, 1.807) is 30.5 Å². The topological polar surface area (TPSA) is 50.2 Å². The highest BCUT2D eigenvalue weighted by atomic mass is 32.1. The predicted molar refractivity (Wildman–Crippen MR) is 84.6 cm³/mol. The fourth-order valence-electron chi connectivity index (χ4n) is 2.25. The molecule has 0 fully saturated rings. The molecule has 110 valence electrons. The number of hydrogen-bond acceptors (Lipinski definition) is 3. The van der Waals surface area contributed by atoms with Crippen LogP contribution < -0.4 is 0 Å². The van der Waals surface area contributed by atoms with E-state index >= 15 is 0 Å². The molecule has 0 saturated heterocycles. The number of aromatic carboxylic acids is 1. The first-order valence-electron chi connectivity index (χ1n) is 6.59. The quantitative estimate of drug-likeness (QED) is 0.767. The number of halogens is 1. The molecule has 3 rings (SSSR count). The zero-order valence-corrected chi connectivity index (χ0v) is 12.5. The highest BCUT2D eigenvalue weighted by molar-refractivity contribution is 7.13. The molecule has 0 aliphatic heterocycles. The molecule has 1 N–H and O–H groups in total. The van der Waals surface area contributed by atoms with Crippen molar-refractivity contribution in [2.75, 3.05) is 0 Å². The number of aryl methyl sites for hydroxylation is 1. The normalized spacial score (nSPS) is 10.6. The molecule has 0 radical (unpaired) electrons. The largest absolute Gasteiger partial charge is 0.478 e. The summed E-state index contributed by atoms with van der Waals surface area (Å²) in [6, 6.07) is 9.70. The molecule has 0 bridgehead atoms. The van der Waals surface area contributed by atoms with Crippen LogP contribution in [0.15, 0.2) is 48.0 Å². The van der Waals surface area contributed by atoms with Crippen molar-refractivity contribution in [3.63, 3.8) is 0 Å². The van der Waals surface area contributed by atoms with E-state index in [4.69, 9.17) is 0 Å². The van der Waals surface area contributed by atoms with Gasteiger partial charge >= 0.3 is 5.97 Å². The van der Waals surface area contributed by atoms with E-state index in [9.17, 15) is 14.3 Å². The summed E-state index contributed by atoms with van der Waals surface area (Å²) in [5.41, 5.74) is 2.51. The fourth-order valence-corrected chi connectivity index (χ4v) is 2.88. The van der Waals surface area contributed by atoms with Crippen molar-refractivity contribution in [2.45, 2.75) is 6.92 Å². The molecule has 0 amide bonds. The van der Waals surface area contributed by atoms with Gasteiger partial charge in [-0.2, -0.15) is 0 Å². The molecule has 3 aromatic rings. The minimum absolute atomic E-state index is 0.114. The second kappa shape index (κ2) is 5.69. The third-order valence-corrected chi connectivity index (χ3v) is 4.12. The first-order chi connectivity index (χ1) is 10.5. The average molecular weight is 313 g/mol. The molecule has 1 heterocycles. The van der Waals surface area contributed by atoms with Gasteiger partial charge in [0.1, 0.15) is 10.8 Å². The smallest absolute Gasteiger partial charge is 0.335 e. The number of rotatable bonds is 3. The van der Waals surface area contributed by atoms with Gasteiger partial charge in [0.05, 0.1) is 5.56 Å². The SMILES string of the molecule is Cc1ccc(-c2cc(C(=O)O)cc(-c3nccs3)c2)c(F)c1. The second-order valence-electron chi connectivity index (χ2n) is 4.92. The maximum absolute atomic E-state index is 14.2. The Balaban J connectivity index is 2.20.